The summed E-state index contributed by atoms with van der Waals surface area (Å²) in [4.78, 5) is 4.54. The lowest BCUT2D eigenvalue weighted by atomic mass is 9.93. The van der Waals surface area contributed by atoms with Crippen LogP contribution in [0.25, 0.3) is 0 Å². The van der Waals surface area contributed by atoms with Gasteiger partial charge in [-0.15, -0.1) is 0 Å². The van der Waals surface area contributed by atoms with Crippen LogP contribution in [0.2, 0.25) is 0 Å². The molecule has 16 heavy (non-hydrogen) atoms. The molecule has 0 fully saturated rings. The van der Waals surface area contributed by atoms with Crippen LogP contribution in [0.5, 0.6) is 0 Å². The molecule has 0 aromatic carbocycles. The van der Waals surface area contributed by atoms with Crippen molar-refractivity contribution in [2.45, 2.75) is 66.2 Å². The Kier molecular flexibility index (Phi) is 5.51. The largest absolute Gasteiger partial charge is 0.261 e. The van der Waals surface area contributed by atoms with Gasteiger partial charge in [0.1, 0.15) is 0 Å². The summed E-state index contributed by atoms with van der Waals surface area (Å²) < 4.78 is 0. The highest BCUT2D eigenvalue weighted by molar-refractivity contribution is 5.36. The molecule has 0 amide bonds. The maximum absolute atomic E-state index is 4.54. The van der Waals surface area contributed by atoms with Crippen LogP contribution in [-0.4, -0.2) is 4.98 Å². The van der Waals surface area contributed by atoms with Gasteiger partial charge in [0, 0.05) is 11.9 Å². The zero-order valence-corrected chi connectivity index (χ0v) is 11.3. The second-order valence-corrected chi connectivity index (χ2v) is 4.53. The van der Waals surface area contributed by atoms with Crippen LogP contribution in [0.15, 0.2) is 6.20 Å². The fraction of sp³-hybridized carbons (Fsp3) is 0.667. The van der Waals surface area contributed by atoms with Gasteiger partial charge in [0.15, 0.2) is 0 Å². The van der Waals surface area contributed by atoms with Crippen molar-refractivity contribution >= 4 is 0 Å². The monoisotopic (exact) mass is 219 g/mol. The first-order valence-corrected chi connectivity index (χ1v) is 6.70. The van der Waals surface area contributed by atoms with E-state index in [0.29, 0.717) is 0 Å². The molecule has 1 heteroatoms. The second kappa shape index (κ2) is 6.67. The minimum absolute atomic E-state index is 1.11. The van der Waals surface area contributed by atoms with Crippen LogP contribution in [0.3, 0.4) is 0 Å². The summed E-state index contributed by atoms with van der Waals surface area (Å²) >= 11 is 0. The Bertz CT molecular complexity index is 328. The Balaban J connectivity index is 3.08. The molecule has 1 nitrogen and oxygen atoms in total. The molecule has 1 aromatic rings. The van der Waals surface area contributed by atoms with E-state index in [1.807, 2.05) is 0 Å². The predicted molar refractivity (Wildman–Crippen MR) is 71.0 cm³/mol. The van der Waals surface area contributed by atoms with Crippen molar-refractivity contribution in [1.29, 1.82) is 0 Å². The van der Waals surface area contributed by atoms with Gasteiger partial charge in [0.05, 0.1) is 0 Å². The lowest BCUT2D eigenvalue weighted by Gasteiger charge is -2.15. The van der Waals surface area contributed by atoms with Crippen molar-refractivity contribution < 1.29 is 0 Å². The summed E-state index contributed by atoms with van der Waals surface area (Å²) in [6.45, 7) is 8.90. The van der Waals surface area contributed by atoms with E-state index in [9.17, 15) is 0 Å². The van der Waals surface area contributed by atoms with Crippen molar-refractivity contribution in [1.82, 2.24) is 4.98 Å². The van der Waals surface area contributed by atoms with Gasteiger partial charge in [-0.3, -0.25) is 4.98 Å². The van der Waals surface area contributed by atoms with E-state index in [1.54, 1.807) is 5.56 Å². The van der Waals surface area contributed by atoms with E-state index in [4.69, 9.17) is 0 Å². The van der Waals surface area contributed by atoms with Crippen LogP contribution in [0.4, 0.5) is 0 Å². The van der Waals surface area contributed by atoms with Gasteiger partial charge in [0.2, 0.25) is 0 Å². The van der Waals surface area contributed by atoms with Crippen LogP contribution < -0.4 is 0 Å². The van der Waals surface area contributed by atoms with Crippen molar-refractivity contribution in [3.8, 4) is 0 Å². The molecule has 90 valence electrons. The quantitative estimate of drug-likeness (QED) is 0.697. The van der Waals surface area contributed by atoms with Crippen LogP contribution in [0, 0.1) is 6.92 Å². The number of hydrogen-bond acceptors (Lipinski definition) is 1. The summed E-state index contributed by atoms with van der Waals surface area (Å²) in [7, 11) is 0. The first kappa shape index (κ1) is 13.2. The number of aromatic nitrogens is 1. The zero-order valence-electron chi connectivity index (χ0n) is 11.3. The molecular formula is C15H25N. The van der Waals surface area contributed by atoms with E-state index >= 15 is 0 Å². The van der Waals surface area contributed by atoms with E-state index in [-0.39, 0.29) is 0 Å². The van der Waals surface area contributed by atoms with Crippen molar-refractivity contribution in [3.63, 3.8) is 0 Å². The molecule has 1 heterocycles. The summed E-state index contributed by atoms with van der Waals surface area (Å²) in [5, 5.41) is 0. The Morgan fingerprint density at radius 2 is 1.75 bits per heavy atom. The molecule has 0 aliphatic rings. The molecule has 0 aliphatic carbocycles. The van der Waals surface area contributed by atoms with Crippen LogP contribution in [0.1, 0.15) is 62.4 Å². The van der Waals surface area contributed by atoms with E-state index in [1.165, 1.54) is 48.9 Å². The summed E-state index contributed by atoms with van der Waals surface area (Å²) in [5.74, 6) is 0. The normalized spacial score (nSPS) is 10.8. The molecular weight excluding hydrogens is 194 g/mol. The zero-order chi connectivity index (χ0) is 12.0. The summed E-state index contributed by atoms with van der Waals surface area (Å²) in [6.07, 6.45) is 9.41. The number of rotatable bonds is 6. The SMILES string of the molecule is CCCCc1c(CC)cnc(C)c1CCC. The fourth-order valence-electron chi connectivity index (χ4n) is 2.29. The molecule has 0 radical (unpaired) electrons. The third-order valence-electron chi connectivity index (χ3n) is 3.26. The Morgan fingerprint density at radius 1 is 1.00 bits per heavy atom. The first-order chi connectivity index (χ1) is 7.74. The molecule has 0 bridgehead atoms. The molecule has 0 saturated heterocycles. The van der Waals surface area contributed by atoms with Gasteiger partial charge >= 0.3 is 0 Å². The second-order valence-electron chi connectivity index (χ2n) is 4.53. The van der Waals surface area contributed by atoms with Gasteiger partial charge in [-0.25, -0.2) is 0 Å². The third kappa shape index (κ3) is 3.07. The van der Waals surface area contributed by atoms with Crippen molar-refractivity contribution in [2.24, 2.45) is 0 Å². The predicted octanol–water partition coefficient (Wildman–Crippen LogP) is 4.25. The van der Waals surface area contributed by atoms with Gasteiger partial charge < -0.3 is 0 Å². The summed E-state index contributed by atoms with van der Waals surface area (Å²) in [6, 6.07) is 0. The minimum atomic E-state index is 1.11. The smallest absolute Gasteiger partial charge is 0.0407 e. The number of unbranched alkanes of at least 4 members (excludes halogenated alkanes) is 1. The standard InChI is InChI=1S/C15H25N/c1-5-8-10-15-13(7-3)11-16-12(4)14(15)9-6-2/h11H,5-10H2,1-4H3. The lowest BCUT2D eigenvalue weighted by Crippen LogP contribution is -2.04. The molecule has 0 N–H and O–H groups in total. The molecule has 1 aromatic heterocycles. The number of hydrogen-bond donors (Lipinski definition) is 0. The van der Waals surface area contributed by atoms with E-state index in [0.717, 1.165) is 6.42 Å². The Morgan fingerprint density at radius 3 is 2.31 bits per heavy atom. The summed E-state index contributed by atoms with van der Waals surface area (Å²) in [5.41, 5.74) is 5.82. The van der Waals surface area contributed by atoms with Crippen LogP contribution >= 0.6 is 0 Å². The van der Waals surface area contributed by atoms with Gasteiger partial charge in [-0.05, 0) is 49.3 Å². The minimum Gasteiger partial charge on any atom is -0.261 e. The van der Waals surface area contributed by atoms with E-state index in [2.05, 4.69) is 38.9 Å². The molecule has 0 atom stereocenters. The maximum atomic E-state index is 4.54. The highest BCUT2D eigenvalue weighted by Crippen LogP contribution is 2.21. The fourth-order valence-corrected chi connectivity index (χ4v) is 2.29. The van der Waals surface area contributed by atoms with Gasteiger partial charge in [-0.2, -0.15) is 0 Å². The number of aryl methyl sites for hydroxylation is 2. The first-order valence-electron chi connectivity index (χ1n) is 6.70. The average molecular weight is 219 g/mol. The lowest BCUT2D eigenvalue weighted by molar-refractivity contribution is 0.763. The third-order valence-corrected chi connectivity index (χ3v) is 3.26. The number of nitrogens with zero attached hydrogens (tertiary/aromatic N) is 1. The Hall–Kier alpha value is -0.850. The van der Waals surface area contributed by atoms with Crippen LogP contribution in [-0.2, 0) is 19.3 Å². The molecule has 1 rings (SSSR count). The topological polar surface area (TPSA) is 12.9 Å². The Labute approximate surface area is 100 Å². The molecule has 0 saturated carbocycles. The van der Waals surface area contributed by atoms with E-state index < -0.39 is 0 Å². The highest BCUT2D eigenvalue weighted by atomic mass is 14.7. The van der Waals surface area contributed by atoms with Crippen molar-refractivity contribution in [3.05, 3.63) is 28.6 Å². The molecule has 0 aliphatic heterocycles. The van der Waals surface area contributed by atoms with Gasteiger partial charge in [-0.1, -0.05) is 33.6 Å². The van der Waals surface area contributed by atoms with Gasteiger partial charge in [0.25, 0.3) is 0 Å². The average Bonchev–Trinajstić information content (AvgIpc) is 2.30. The molecule has 0 spiro atoms. The van der Waals surface area contributed by atoms with Crippen molar-refractivity contribution in [2.75, 3.05) is 0 Å². The number of pyridine rings is 1. The molecule has 0 unspecified atom stereocenters. The maximum Gasteiger partial charge on any atom is 0.0407 e. The highest BCUT2D eigenvalue weighted by Gasteiger charge is 2.10.